The van der Waals surface area contributed by atoms with Crippen LogP contribution >= 0.6 is 0 Å². The van der Waals surface area contributed by atoms with Gasteiger partial charge in [-0.25, -0.2) is 0 Å². The summed E-state index contributed by atoms with van der Waals surface area (Å²) in [7, 11) is 5.20. The van der Waals surface area contributed by atoms with Crippen molar-refractivity contribution in [2.45, 2.75) is 25.4 Å². The first-order valence-corrected chi connectivity index (χ1v) is 10.2. The van der Waals surface area contributed by atoms with E-state index in [1.54, 1.807) is 26.4 Å². The lowest BCUT2D eigenvalue weighted by atomic mass is 10.0. The minimum Gasteiger partial charge on any atom is -0.493 e. The number of fused-ring (bicyclic) bond motifs is 2. The van der Waals surface area contributed by atoms with Gasteiger partial charge in [-0.1, -0.05) is 6.07 Å². The average Bonchev–Trinajstić information content (AvgIpc) is 3.27. The zero-order valence-corrected chi connectivity index (χ0v) is 17.6. The number of nitrogens with one attached hydrogen (secondary N) is 1. The lowest BCUT2D eigenvalue weighted by Gasteiger charge is -2.40. The summed E-state index contributed by atoms with van der Waals surface area (Å²) < 4.78 is 10.6. The molecule has 30 heavy (non-hydrogen) atoms. The van der Waals surface area contributed by atoms with E-state index < -0.39 is 0 Å². The molecular formula is C23H27N3O4. The fraction of sp³-hybridized carbons (Fsp3) is 0.391. The second-order valence-electron chi connectivity index (χ2n) is 7.66. The Labute approximate surface area is 176 Å². The van der Waals surface area contributed by atoms with Crippen LogP contribution < -0.4 is 19.7 Å². The van der Waals surface area contributed by atoms with Gasteiger partial charge in [0.15, 0.2) is 11.5 Å². The van der Waals surface area contributed by atoms with Crippen molar-refractivity contribution in [2.24, 2.45) is 0 Å². The number of benzene rings is 2. The maximum absolute atomic E-state index is 12.7. The molecule has 0 aliphatic carbocycles. The molecule has 0 unspecified atom stereocenters. The van der Waals surface area contributed by atoms with Crippen molar-refractivity contribution >= 4 is 17.5 Å². The van der Waals surface area contributed by atoms with Gasteiger partial charge in [-0.15, -0.1) is 0 Å². The van der Waals surface area contributed by atoms with Crippen molar-refractivity contribution < 1.29 is 19.1 Å². The Hall–Kier alpha value is -3.22. The number of ether oxygens (including phenoxy) is 2. The lowest BCUT2D eigenvalue weighted by Crippen LogP contribution is -2.50. The number of hydrogen-bond acceptors (Lipinski definition) is 5. The summed E-state index contributed by atoms with van der Waals surface area (Å²) in [5, 5.41) is 2.97. The molecule has 1 fully saturated rings. The Morgan fingerprint density at radius 3 is 2.70 bits per heavy atom. The third-order valence-electron chi connectivity index (χ3n) is 5.95. The normalized spacial score (nSPS) is 17.4. The van der Waals surface area contributed by atoms with Crippen molar-refractivity contribution in [3.05, 3.63) is 53.1 Å². The van der Waals surface area contributed by atoms with Gasteiger partial charge in [0.1, 0.15) is 6.17 Å². The molecule has 2 amide bonds. The number of nitrogens with zero attached hydrogens (tertiary/aromatic N) is 2. The van der Waals surface area contributed by atoms with Crippen molar-refractivity contribution in [1.82, 2.24) is 10.2 Å². The molecule has 7 heteroatoms. The standard InChI is InChI=1S/C23H27N3O4/c1-25-18-14-16(7-8-17(18)23(28)26-12-4-5-21(25)26)22(27)24-11-10-15-6-9-19(29-2)20(13-15)30-3/h6-9,13-14,21H,4-5,10-12H2,1-3H3,(H,24,27)/t21-/m1/s1. The highest BCUT2D eigenvalue weighted by atomic mass is 16.5. The van der Waals surface area contributed by atoms with E-state index in [-0.39, 0.29) is 18.0 Å². The highest BCUT2D eigenvalue weighted by Gasteiger charge is 2.38. The molecule has 2 aromatic rings. The molecule has 2 heterocycles. The molecule has 0 radical (unpaired) electrons. The number of hydrogen-bond donors (Lipinski definition) is 1. The van der Waals surface area contributed by atoms with Gasteiger partial charge >= 0.3 is 0 Å². The lowest BCUT2D eigenvalue weighted by molar-refractivity contribution is 0.0719. The van der Waals surface area contributed by atoms with Crippen LogP contribution in [0.1, 0.15) is 39.1 Å². The molecule has 0 bridgehead atoms. The summed E-state index contributed by atoms with van der Waals surface area (Å²) in [5.74, 6) is 1.27. The quantitative estimate of drug-likeness (QED) is 0.794. The van der Waals surface area contributed by atoms with Crippen LogP contribution in [0.5, 0.6) is 11.5 Å². The predicted octanol–water partition coefficient (Wildman–Crippen LogP) is 2.69. The first-order valence-electron chi connectivity index (χ1n) is 10.2. The van der Waals surface area contributed by atoms with Gasteiger partial charge in [0.25, 0.3) is 11.8 Å². The molecule has 2 aliphatic rings. The van der Waals surface area contributed by atoms with Crippen molar-refractivity contribution in [3.63, 3.8) is 0 Å². The zero-order chi connectivity index (χ0) is 21.3. The zero-order valence-electron chi connectivity index (χ0n) is 17.6. The van der Waals surface area contributed by atoms with Crippen molar-refractivity contribution in [3.8, 4) is 11.5 Å². The first kappa shape index (κ1) is 20.1. The number of carbonyl (C=O) groups is 2. The summed E-state index contributed by atoms with van der Waals surface area (Å²) >= 11 is 0. The largest absolute Gasteiger partial charge is 0.493 e. The van der Waals surface area contributed by atoms with E-state index >= 15 is 0 Å². The summed E-state index contributed by atoms with van der Waals surface area (Å²) in [6.07, 6.45) is 2.74. The van der Waals surface area contributed by atoms with Crippen LogP contribution in [0.15, 0.2) is 36.4 Å². The van der Waals surface area contributed by atoms with Gasteiger partial charge in [0.2, 0.25) is 0 Å². The van der Waals surface area contributed by atoms with Gasteiger partial charge in [0, 0.05) is 25.7 Å². The number of anilines is 1. The minimum absolute atomic E-state index is 0.0611. The van der Waals surface area contributed by atoms with E-state index in [2.05, 4.69) is 10.2 Å². The molecule has 2 aliphatic heterocycles. The molecule has 1 saturated heterocycles. The van der Waals surface area contributed by atoms with E-state index in [1.165, 1.54) is 0 Å². The fourth-order valence-electron chi connectivity index (χ4n) is 4.31. The van der Waals surface area contributed by atoms with Crippen molar-refractivity contribution in [1.29, 1.82) is 0 Å². The molecule has 158 valence electrons. The van der Waals surface area contributed by atoms with Crippen LogP contribution in [0.3, 0.4) is 0 Å². The van der Waals surface area contributed by atoms with Gasteiger partial charge in [-0.05, 0) is 55.2 Å². The highest BCUT2D eigenvalue weighted by molar-refractivity contribution is 6.04. The average molecular weight is 409 g/mol. The second kappa shape index (κ2) is 8.26. The third kappa shape index (κ3) is 3.56. The molecule has 2 aromatic carbocycles. The van der Waals surface area contributed by atoms with Crippen LogP contribution in [0.4, 0.5) is 5.69 Å². The van der Waals surface area contributed by atoms with Crippen LogP contribution in [-0.2, 0) is 6.42 Å². The Morgan fingerprint density at radius 1 is 1.13 bits per heavy atom. The van der Waals surface area contributed by atoms with Crippen molar-refractivity contribution in [2.75, 3.05) is 39.3 Å². The minimum atomic E-state index is -0.145. The molecule has 1 N–H and O–H groups in total. The van der Waals surface area contributed by atoms with E-state index in [4.69, 9.17) is 9.47 Å². The number of carbonyl (C=O) groups excluding carboxylic acids is 2. The molecular weight excluding hydrogens is 382 g/mol. The molecule has 1 atom stereocenters. The molecule has 7 nitrogen and oxygen atoms in total. The van der Waals surface area contributed by atoms with Gasteiger partial charge in [-0.2, -0.15) is 0 Å². The van der Waals surface area contributed by atoms with Gasteiger partial charge in [-0.3, -0.25) is 9.59 Å². The monoisotopic (exact) mass is 409 g/mol. The molecule has 0 spiro atoms. The smallest absolute Gasteiger partial charge is 0.257 e. The Morgan fingerprint density at radius 2 is 1.93 bits per heavy atom. The molecule has 0 saturated carbocycles. The number of amides is 2. The van der Waals surface area contributed by atoms with E-state index in [9.17, 15) is 9.59 Å². The molecule has 0 aromatic heterocycles. The molecule has 4 rings (SSSR count). The van der Waals surface area contributed by atoms with Crippen LogP contribution in [0, 0.1) is 0 Å². The maximum atomic E-state index is 12.7. The highest BCUT2D eigenvalue weighted by Crippen LogP contribution is 2.35. The summed E-state index contributed by atoms with van der Waals surface area (Å²) in [4.78, 5) is 29.5. The maximum Gasteiger partial charge on any atom is 0.257 e. The van der Waals surface area contributed by atoms with Crippen LogP contribution in [0.25, 0.3) is 0 Å². The van der Waals surface area contributed by atoms with E-state index in [0.717, 1.165) is 30.6 Å². The predicted molar refractivity (Wildman–Crippen MR) is 114 cm³/mol. The summed E-state index contributed by atoms with van der Waals surface area (Å²) in [5.41, 5.74) is 3.10. The number of methoxy groups -OCH3 is 2. The van der Waals surface area contributed by atoms with E-state index in [0.29, 0.717) is 35.6 Å². The topological polar surface area (TPSA) is 71.1 Å². The second-order valence-corrected chi connectivity index (χ2v) is 7.66. The first-order chi connectivity index (χ1) is 14.5. The Bertz CT molecular complexity index is 975. The third-order valence-corrected chi connectivity index (χ3v) is 5.95. The SMILES string of the molecule is COc1ccc(CCNC(=O)c2ccc3c(c2)N(C)[C@H]2CCCN2C3=O)cc1OC. The Balaban J connectivity index is 1.42. The van der Waals surface area contributed by atoms with Gasteiger partial charge in [0.05, 0.1) is 25.5 Å². The fourth-order valence-corrected chi connectivity index (χ4v) is 4.31. The van der Waals surface area contributed by atoms with Gasteiger partial charge < -0.3 is 24.6 Å². The van der Waals surface area contributed by atoms with Crippen LogP contribution in [0.2, 0.25) is 0 Å². The summed E-state index contributed by atoms with van der Waals surface area (Å²) in [6, 6.07) is 11.1. The Kier molecular flexibility index (Phi) is 5.53. The number of rotatable bonds is 6. The van der Waals surface area contributed by atoms with Crippen LogP contribution in [-0.4, -0.2) is 57.2 Å². The van der Waals surface area contributed by atoms with E-state index in [1.807, 2.05) is 36.2 Å². The summed E-state index contributed by atoms with van der Waals surface area (Å²) in [6.45, 7) is 1.29.